The summed E-state index contributed by atoms with van der Waals surface area (Å²) in [5.74, 6) is 0.662. The first-order valence-corrected chi connectivity index (χ1v) is 4.54. The average Bonchev–Trinajstić information content (AvgIpc) is 2.84. The molecule has 3 aromatic heterocycles. The van der Waals surface area contributed by atoms with Crippen molar-refractivity contribution >= 4 is 17.0 Å². The zero-order chi connectivity index (χ0) is 11.1. The van der Waals surface area contributed by atoms with Crippen LogP contribution < -0.4 is 5.73 Å². The van der Waals surface area contributed by atoms with Gasteiger partial charge in [0.2, 0.25) is 5.89 Å². The third-order valence-electron chi connectivity index (χ3n) is 2.20. The molecule has 0 amide bonds. The minimum atomic E-state index is 0.286. The van der Waals surface area contributed by atoms with Crippen molar-refractivity contribution < 1.29 is 8.94 Å². The summed E-state index contributed by atoms with van der Waals surface area (Å²) < 4.78 is 10.2. The molecule has 0 bridgehead atoms. The Labute approximate surface area is 89.3 Å². The Morgan fingerprint density at radius 2 is 2.19 bits per heavy atom. The van der Waals surface area contributed by atoms with Gasteiger partial charge in [-0.25, -0.2) is 9.97 Å². The van der Waals surface area contributed by atoms with Gasteiger partial charge < -0.3 is 14.7 Å². The molecule has 0 atom stereocenters. The Bertz CT molecular complexity index is 657. The quantitative estimate of drug-likeness (QED) is 0.652. The maximum atomic E-state index is 5.65. The first-order valence-electron chi connectivity index (χ1n) is 4.54. The van der Waals surface area contributed by atoms with Gasteiger partial charge in [-0.3, -0.25) is 0 Å². The molecule has 0 saturated heterocycles. The molecule has 0 aliphatic heterocycles. The van der Waals surface area contributed by atoms with Gasteiger partial charge in [-0.2, -0.15) is 4.98 Å². The van der Waals surface area contributed by atoms with Gasteiger partial charge >= 0.3 is 0 Å². The summed E-state index contributed by atoms with van der Waals surface area (Å²) in [6, 6.07) is 0. The molecule has 0 unspecified atom stereocenters. The van der Waals surface area contributed by atoms with E-state index in [-0.39, 0.29) is 5.82 Å². The highest BCUT2D eigenvalue weighted by Crippen LogP contribution is 2.26. The van der Waals surface area contributed by atoms with Crippen LogP contribution in [0.5, 0.6) is 0 Å². The number of rotatable bonds is 1. The molecule has 0 fully saturated rings. The summed E-state index contributed by atoms with van der Waals surface area (Å²) in [6.45, 7) is 1.79. The summed E-state index contributed by atoms with van der Waals surface area (Å²) in [7, 11) is 0. The zero-order valence-corrected chi connectivity index (χ0v) is 8.34. The topological polar surface area (TPSA) is 104 Å². The lowest BCUT2D eigenvalue weighted by Crippen LogP contribution is -1.91. The molecular formula is C9H7N5O2. The molecule has 0 aliphatic carbocycles. The van der Waals surface area contributed by atoms with Gasteiger partial charge in [0, 0.05) is 0 Å². The molecule has 7 nitrogen and oxygen atoms in total. The lowest BCUT2D eigenvalue weighted by Gasteiger charge is -1.87. The van der Waals surface area contributed by atoms with Gasteiger partial charge in [0.1, 0.15) is 12.6 Å². The smallest absolute Gasteiger partial charge is 0.252 e. The van der Waals surface area contributed by atoms with E-state index < -0.39 is 0 Å². The second kappa shape index (κ2) is 3.02. The monoisotopic (exact) mass is 217 g/mol. The van der Waals surface area contributed by atoms with Crippen LogP contribution in [0.4, 0.5) is 5.82 Å². The predicted molar refractivity (Wildman–Crippen MR) is 54.2 cm³/mol. The molecular weight excluding hydrogens is 210 g/mol. The van der Waals surface area contributed by atoms with Crippen molar-refractivity contribution in [2.24, 2.45) is 0 Å². The van der Waals surface area contributed by atoms with E-state index in [2.05, 4.69) is 20.1 Å². The fourth-order valence-corrected chi connectivity index (χ4v) is 1.38. The van der Waals surface area contributed by atoms with E-state index in [4.69, 9.17) is 14.7 Å². The second-order valence-electron chi connectivity index (χ2n) is 3.25. The van der Waals surface area contributed by atoms with Crippen LogP contribution in [0.3, 0.4) is 0 Å². The molecule has 0 spiro atoms. The zero-order valence-electron chi connectivity index (χ0n) is 8.34. The number of aromatic nitrogens is 4. The molecule has 3 aromatic rings. The highest BCUT2D eigenvalue weighted by atomic mass is 16.5. The van der Waals surface area contributed by atoms with E-state index in [1.165, 1.54) is 12.6 Å². The van der Waals surface area contributed by atoms with Crippen molar-refractivity contribution in [1.82, 2.24) is 20.1 Å². The highest BCUT2D eigenvalue weighted by molar-refractivity contribution is 5.81. The molecule has 2 N–H and O–H groups in total. The van der Waals surface area contributed by atoms with Crippen molar-refractivity contribution in [2.45, 2.75) is 6.92 Å². The number of nitrogens with two attached hydrogens (primary N) is 1. The van der Waals surface area contributed by atoms with Crippen molar-refractivity contribution in [1.29, 1.82) is 0 Å². The van der Waals surface area contributed by atoms with E-state index in [9.17, 15) is 0 Å². The molecule has 3 rings (SSSR count). The summed E-state index contributed by atoms with van der Waals surface area (Å²) in [5.41, 5.74) is 7.81. The highest BCUT2D eigenvalue weighted by Gasteiger charge is 2.15. The standard InChI is InChI=1S/C9H7N5O2/c1-4-5(2-15-14-4)8-13-6-7(10)11-3-12-9(6)16-8/h2-3H,1H3,(H2,10,11,12). The Morgan fingerprint density at radius 3 is 2.88 bits per heavy atom. The maximum absolute atomic E-state index is 5.65. The molecule has 0 saturated carbocycles. The van der Waals surface area contributed by atoms with Gasteiger partial charge in [0.05, 0.1) is 11.3 Å². The van der Waals surface area contributed by atoms with E-state index in [1.807, 2.05) is 0 Å². The Morgan fingerprint density at radius 1 is 1.31 bits per heavy atom. The number of nitrogen functional groups attached to an aromatic ring is 1. The first-order chi connectivity index (χ1) is 7.75. The summed E-state index contributed by atoms with van der Waals surface area (Å²) >= 11 is 0. The van der Waals surface area contributed by atoms with E-state index in [1.54, 1.807) is 6.92 Å². The van der Waals surface area contributed by atoms with Crippen molar-refractivity contribution in [3.63, 3.8) is 0 Å². The largest absolute Gasteiger partial charge is 0.417 e. The molecule has 3 heterocycles. The third-order valence-corrected chi connectivity index (χ3v) is 2.20. The van der Waals surface area contributed by atoms with Crippen molar-refractivity contribution in [3.05, 3.63) is 18.3 Å². The van der Waals surface area contributed by atoms with Gasteiger partial charge in [0.25, 0.3) is 5.71 Å². The lowest BCUT2D eigenvalue weighted by molar-refractivity contribution is 0.415. The number of hydrogen-bond donors (Lipinski definition) is 1. The number of anilines is 1. The number of hydrogen-bond acceptors (Lipinski definition) is 7. The second-order valence-corrected chi connectivity index (χ2v) is 3.25. The molecule has 0 radical (unpaired) electrons. The van der Waals surface area contributed by atoms with Crippen LogP contribution in [0.25, 0.3) is 22.7 Å². The maximum Gasteiger partial charge on any atom is 0.252 e. The molecule has 80 valence electrons. The summed E-state index contributed by atoms with van der Waals surface area (Å²) in [6.07, 6.45) is 2.79. The minimum absolute atomic E-state index is 0.286. The van der Waals surface area contributed by atoms with Crippen molar-refractivity contribution in [2.75, 3.05) is 5.73 Å². The first kappa shape index (κ1) is 8.84. The number of fused-ring (bicyclic) bond motifs is 1. The van der Waals surface area contributed by atoms with Gasteiger partial charge in [-0.05, 0) is 6.92 Å². The normalized spacial score (nSPS) is 11.1. The predicted octanol–water partition coefficient (Wildman–Crippen LogP) is 1.16. The fraction of sp³-hybridized carbons (Fsp3) is 0.111. The van der Waals surface area contributed by atoms with E-state index in [0.29, 0.717) is 28.4 Å². The summed E-state index contributed by atoms with van der Waals surface area (Å²) in [5, 5.41) is 3.74. The van der Waals surface area contributed by atoms with E-state index in [0.717, 1.165) is 0 Å². The van der Waals surface area contributed by atoms with E-state index >= 15 is 0 Å². The molecule has 7 heteroatoms. The van der Waals surface area contributed by atoms with Gasteiger partial charge in [-0.15, -0.1) is 0 Å². The Balaban J connectivity index is 2.27. The fourth-order valence-electron chi connectivity index (χ4n) is 1.38. The van der Waals surface area contributed by atoms with Crippen molar-refractivity contribution in [3.8, 4) is 11.5 Å². The van der Waals surface area contributed by atoms with Crippen LogP contribution >= 0.6 is 0 Å². The van der Waals surface area contributed by atoms with Crippen LogP contribution in [0, 0.1) is 6.92 Å². The molecule has 16 heavy (non-hydrogen) atoms. The number of nitrogens with zero attached hydrogens (tertiary/aromatic N) is 4. The van der Waals surface area contributed by atoms with Crippen LogP contribution in [0.1, 0.15) is 5.69 Å². The van der Waals surface area contributed by atoms with Crippen LogP contribution in [-0.2, 0) is 0 Å². The number of oxazole rings is 1. The Hall–Kier alpha value is -2.44. The number of aryl methyl sites for hydroxylation is 1. The summed E-state index contributed by atoms with van der Waals surface area (Å²) in [4.78, 5) is 12.0. The lowest BCUT2D eigenvalue weighted by atomic mass is 10.3. The third kappa shape index (κ3) is 1.14. The minimum Gasteiger partial charge on any atom is -0.417 e. The van der Waals surface area contributed by atoms with Crippen LogP contribution in [0.2, 0.25) is 0 Å². The molecule has 0 aliphatic rings. The SMILES string of the molecule is Cc1nocc1-c1nc2c(N)ncnc2o1. The average molecular weight is 217 g/mol. The van der Waals surface area contributed by atoms with Crippen LogP contribution in [0.15, 0.2) is 21.5 Å². The van der Waals surface area contributed by atoms with Crippen LogP contribution in [-0.4, -0.2) is 20.1 Å². The molecule has 0 aromatic carbocycles. The van der Waals surface area contributed by atoms with Gasteiger partial charge in [-0.1, -0.05) is 5.16 Å². The van der Waals surface area contributed by atoms with Gasteiger partial charge in [0.15, 0.2) is 11.3 Å². The Kier molecular flexibility index (Phi) is 1.67.